The maximum absolute atomic E-state index is 11.6. The molecule has 8 heteroatoms. The van der Waals surface area contributed by atoms with Crippen LogP contribution in [-0.2, 0) is 14.3 Å². The zero-order chi connectivity index (χ0) is 15.1. The molecule has 0 saturated heterocycles. The van der Waals surface area contributed by atoms with Crippen LogP contribution in [0, 0.1) is 0 Å². The van der Waals surface area contributed by atoms with Crippen LogP contribution in [0.4, 0.5) is 16.2 Å². The van der Waals surface area contributed by atoms with Crippen molar-refractivity contribution in [1.29, 1.82) is 0 Å². The third kappa shape index (κ3) is 4.94. The summed E-state index contributed by atoms with van der Waals surface area (Å²) in [4.78, 5) is 33.2. The Kier molecular flexibility index (Phi) is 5.48. The Morgan fingerprint density at radius 3 is 2.10 bits per heavy atom. The van der Waals surface area contributed by atoms with Crippen LogP contribution < -0.4 is 22.1 Å². The third-order valence-corrected chi connectivity index (χ3v) is 2.34. The van der Waals surface area contributed by atoms with E-state index in [-0.39, 0.29) is 6.42 Å². The number of rotatable bonds is 5. The molecule has 0 spiro atoms. The van der Waals surface area contributed by atoms with Crippen LogP contribution >= 0.6 is 0 Å². The molecule has 1 rings (SSSR count). The lowest BCUT2D eigenvalue weighted by Crippen LogP contribution is -2.38. The van der Waals surface area contributed by atoms with Crippen molar-refractivity contribution in [2.75, 3.05) is 17.7 Å². The molecule has 1 aromatic rings. The summed E-state index contributed by atoms with van der Waals surface area (Å²) in [5.41, 5.74) is 11.4. The monoisotopic (exact) mass is 280 g/mol. The highest BCUT2D eigenvalue weighted by Crippen LogP contribution is 2.14. The molecule has 0 aliphatic rings. The van der Waals surface area contributed by atoms with E-state index in [2.05, 4.69) is 15.4 Å². The number of hydrogen-bond donors (Lipinski definition) is 4. The van der Waals surface area contributed by atoms with Gasteiger partial charge in [0, 0.05) is 11.4 Å². The van der Waals surface area contributed by atoms with E-state index < -0.39 is 23.9 Å². The molecule has 0 aliphatic heterocycles. The number of ether oxygens (including phenoxy) is 1. The van der Waals surface area contributed by atoms with Crippen molar-refractivity contribution in [2.24, 2.45) is 11.5 Å². The molecular weight excluding hydrogens is 264 g/mol. The predicted octanol–water partition coefficient (Wildman–Crippen LogP) is 0.00610. The van der Waals surface area contributed by atoms with Gasteiger partial charge in [0.1, 0.15) is 0 Å². The van der Waals surface area contributed by atoms with E-state index in [1.54, 1.807) is 24.3 Å². The predicted molar refractivity (Wildman–Crippen MR) is 72.9 cm³/mol. The van der Waals surface area contributed by atoms with Gasteiger partial charge in [-0.15, -0.1) is 0 Å². The lowest BCUT2D eigenvalue weighted by atomic mass is 10.2. The van der Waals surface area contributed by atoms with Crippen molar-refractivity contribution in [2.45, 2.75) is 12.5 Å². The van der Waals surface area contributed by atoms with Crippen molar-refractivity contribution in [3.63, 3.8) is 0 Å². The van der Waals surface area contributed by atoms with Gasteiger partial charge in [0.2, 0.25) is 11.8 Å². The molecule has 1 atom stereocenters. The van der Waals surface area contributed by atoms with Gasteiger partial charge < -0.3 is 21.5 Å². The highest BCUT2D eigenvalue weighted by Gasteiger charge is 2.15. The molecule has 1 unspecified atom stereocenters. The van der Waals surface area contributed by atoms with E-state index in [0.717, 1.165) is 0 Å². The number of carbonyl (C=O) groups excluding carboxylic acids is 3. The van der Waals surface area contributed by atoms with Gasteiger partial charge in [0.05, 0.1) is 19.6 Å². The zero-order valence-corrected chi connectivity index (χ0v) is 10.9. The van der Waals surface area contributed by atoms with E-state index in [0.29, 0.717) is 11.4 Å². The lowest BCUT2D eigenvalue weighted by Gasteiger charge is -2.11. The van der Waals surface area contributed by atoms with Crippen LogP contribution in [0.2, 0.25) is 0 Å². The first-order valence-corrected chi connectivity index (χ1v) is 5.72. The number of hydrogen-bond acceptors (Lipinski definition) is 5. The standard InChI is InChI=1S/C12H16N4O4/c1-20-12(19)16-8-4-2-7(3-5-8)15-11(18)9(13)6-10(14)17/h2-5,9H,6,13H2,1H3,(H2,14,17)(H,15,18)(H,16,19). The number of carbonyl (C=O) groups is 3. The number of nitrogens with two attached hydrogens (primary N) is 2. The third-order valence-electron chi connectivity index (χ3n) is 2.34. The molecule has 0 fully saturated rings. The van der Waals surface area contributed by atoms with Crippen LogP contribution in [0.15, 0.2) is 24.3 Å². The van der Waals surface area contributed by atoms with Crippen molar-refractivity contribution in [1.82, 2.24) is 0 Å². The number of anilines is 2. The summed E-state index contributed by atoms with van der Waals surface area (Å²) in [6, 6.07) is 5.29. The highest BCUT2D eigenvalue weighted by molar-refractivity contribution is 5.97. The molecule has 0 radical (unpaired) electrons. The molecule has 0 aromatic heterocycles. The molecule has 8 nitrogen and oxygen atoms in total. The Morgan fingerprint density at radius 2 is 1.65 bits per heavy atom. The second-order valence-corrected chi connectivity index (χ2v) is 3.96. The molecule has 20 heavy (non-hydrogen) atoms. The summed E-state index contributed by atoms with van der Waals surface area (Å²) >= 11 is 0. The molecule has 0 aliphatic carbocycles. The Hall–Kier alpha value is -2.61. The Labute approximate surface area is 115 Å². The smallest absolute Gasteiger partial charge is 0.411 e. The average molecular weight is 280 g/mol. The SMILES string of the molecule is COC(=O)Nc1ccc(NC(=O)C(N)CC(N)=O)cc1. The maximum Gasteiger partial charge on any atom is 0.411 e. The van der Waals surface area contributed by atoms with Gasteiger partial charge in [-0.2, -0.15) is 0 Å². The van der Waals surface area contributed by atoms with Gasteiger partial charge in [-0.25, -0.2) is 4.79 Å². The fraction of sp³-hybridized carbons (Fsp3) is 0.250. The van der Waals surface area contributed by atoms with E-state index in [9.17, 15) is 14.4 Å². The highest BCUT2D eigenvalue weighted by atomic mass is 16.5. The first kappa shape index (κ1) is 15.4. The van der Waals surface area contributed by atoms with Gasteiger partial charge in [-0.3, -0.25) is 14.9 Å². The largest absolute Gasteiger partial charge is 0.453 e. The number of amides is 3. The van der Waals surface area contributed by atoms with Gasteiger partial charge in [0.15, 0.2) is 0 Å². The second-order valence-electron chi connectivity index (χ2n) is 3.96. The van der Waals surface area contributed by atoms with Gasteiger partial charge in [0.25, 0.3) is 0 Å². The summed E-state index contributed by atoms with van der Waals surface area (Å²) < 4.78 is 4.44. The molecule has 0 bridgehead atoms. The normalized spacial score (nSPS) is 11.3. The van der Waals surface area contributed by atoms with Gasteiger partial charge >= 0.3 is 6.09 Å². The lowest BCUT2D eigenvalue weighted by molar-refractivity contribution is -0.123. The van der Waals surface area contributed by atoms with E-state index in [4.69, 9.17) is 11.5 Å². The molecule has 108 valence electrons. The van der Waals surface area contributed by atoms with Crippen molar-refractivity contribution in [3.8, 4) is 0 Å². The van der Waals surface area contributed by atoms with Crippen LogP contribution in [0.25, 0.3) is 0 Å². The summed E-state index contributed by atoms with van der Waals surface area (Å²) in [5.74, 6) is -1.16. The summed E-state index contributed by atoms with van der Waals surface area (Å²) in [7, 11) is 1.25. The van der Waals surface area contributed by atoms with Gasteiger partial charge in [-0.05, 0) is 24.3 Å². The van der Waals surface area contributed by atoms with Crippen LogP contribution in [0.1, 0.15) is 6.42 Å². The minimum absolute atomic E-state index is 0.228. The first-order chi connectivity index (χ1) is 9.42. The molecule has 1 aromatic carbocycles. The molecular formula is C12H16N4O4. The summed E-state index contributed by atoms with van der Waals surface area (Å²) in [6.45, 7) is 0. The van der Waals surface area contributed by atoms with E-state index >= 15 is 0 Å². The van der Waals surface area contributed by atoms with E-state index in [1.807, 2.05) is 0 Å². The van der Waals surface area contributed by atoms with Crippen molar-refractivity contribution in [3.05, 3.63) is 24.3 Å². The number of methoxy groups -OCH3 is 1. The zero-order valence-electron chi connectivity index (χ0n) is 10.9. The van der Waals surface area contributed by atoms with Gasteiger partial charge in [-0.1, -0.05) is 0 Å². The second kappa shape index (κ2) is 7.10. The number of nitrogens with one attached hydrogen (secondary N) is 2. The molecule has 0 heterocycles. The topological polar surface area (TPSA) is 137 Å². The fourth-order valence-corrected chi connectivity index (χ4v) is 1.35. The minimum atomic E-state index is -1.000. The Bertz CT molecular complexity index is 501. The minimum Gasteiger partial charge on any atom is -0.453 e. The fourth-order valence-electron chi connectivity index (χ4n) is 1.35. The van der Waals surface area contributed by atoms with Crippen LogP contribution in [0.3, 0.4) is 0 Å². The summed E-state index contributed by atoms with van der Waals surface area (Å²) in [6.07, 6.45) is -0.821. The van der Waals surface area contributed by atoms with Crippen molar-refractivity contribution >= 4 is 29.3 Å². The molecule has 6 N–H and O–H groups in total. The Balaban J connectivity index is 2.59. The maximum atomic E-state index is 11.6. The van der Waals surface area contributed by atoms with Crippen molar-refractivity contribution < 1.29 is 19.1 Å². The van der Waals surface area contributed by atoms with Crippen LogP contribution in [0.5, 0.6) is 0 Å². The first-order valence-electron chi connectivity index (χ1n) is 5.72. The quantitative estimate of drug-likeness (QED) is 0.602. The Morgan fingerprint density at radius 1 is 1.15 bits per heavy atom. The number of benzene rings is 1. The van der Waals surface area contributed by atoms with E-state index in [1.165, 1.54) is 7.11 Å². The molecule has 0 saturated carbocycles. The van der Waals surface area contributed by atoms with Crippen LogP contribution in [-0.4, -0.2) is 31.1 Å². The summed E-state index contributed by atoms with van der Waals surface area (Å²) in [5, 5.41) is 4.99. The molecule has 3 amide bonds. The number of primary amides is 1. The average Bonchev–Trinajstić information content (AvgIpc) is 2.40.